The molecule has 0 aliphatic carbocycles. The Balaban J connectivity index is 2.86. The van der Waals surface area contributed by atoms with E-state index in [1.54, 1.807) is 6.07 Å². The highest BCUT2D eigenvalue weighted by atomic mass is 35.5. The molecule has 1 unspecified atom stereocenters. The Morgan fingerprint density at radius 3 is 2.88 bits per heavy atom. The summed E-state index contributed by atoms with van der Waals surface area (Å²) >= 11 is 6.03. The van der Waals surface area contributed by atoms with E-state index >= 15 is 0 Å². The Labute approximate surface area is 101 Å². The van der Waals surface area contributed by atoms with Crippen molar-refractivity contribution in [2.45, 2.75) is 25.8 Å². The number of benzene rings is 1. The van der Waals surface area contributed by atoms with Crippen LogP contribution in [0.15, 0.2) is 30.9 Å². The van der Waals surface area contributed by atoms with Crippen LogP contribution in [0.1, 0.15) is 31.4 Å². The van der Waals surface area contributed by atoms with Gasteiger partial charge in [-0.25, -0.2) is 4.39 Å². The van der Waals surface area contributed by atoms with Gasteiger partial charge in [0.1, 0.15) is 5.82 Å². The van der Waals surface area contributed by atoms with Crippen LogP contribution < -0.4 is 5.32 Å². The second-order valence-corrected chi connectivity index (χ2v) is 4.05. The Kier molecular flexibility index (Phi) is 5.50. The van der Waals surface area contributed by atoms with Crippen molar-refractivity contribution in [1.82, 2.24) is 5.32 Å². The quantitative estimate of drug-likeness (QED) is 0.740. The smallest absolute Gasteiger partial charge is 0.124 e. The number of nitrogens with one attached hydrogen (secondary N) is 1. The van der Waals surface area contributed by atoms with E-state index in [1.807, 2.05) is 13.0 Å². The second-order valence-electron chi connectivity index (χ2n) is 3.64. The first-order chi connectivity index (χ1) is 7.69. The van der Waals surface area contributed by atoms with Gasteiger partial charge < -0.3 is 5.32 Å². The lowest BCUT2D eigenvalue weighted by Gasteiger charge is -2.18. The first-order valence-electron chi connectivity index (χ1n) is 5.48. The number of halogens is 2. The van der Waals surface area contributed by atoms with Crippen LogP contribution in [0.25, 0.3) is 0 Å². The van der Waals surface area contributed by atoms with Gasteiger partial charge in [-0.05, 0) is 37.1 Å². The average molecular weight is 242 g/mol. The molecule has 0 aliphatic heterocycles. The maximum atomic E-state index is 12.9. The van der Waals surface area contributed by atoms with E-state index in [2.05, 4.69) is 11.9 Å². The van der Waals surface area contributed by atoms with Crippen LogP contribution in [0.3, 0.4) is 0 Å². The normalized spacial score (nSPS) is 12.4. The lowest BCUT2D eigenvalue weighted by molar-refractivity contribution is 0.518. The van der Waals surface area contributed by atoms with Gasteiger partial charge in [-0.1, -0.05) is 30.7 Å². The van der Waals surface area contributed by atoms with Crippen molar-refractivity contribution in [2.75, 3.05) is 6.54 Å². The zero-order chi connectivity index (χ0) is 12.0. The van der Waals surface area contributed by atoms with E-state index in [9.17, 15) is 4.39 Å². The summed E-state index contributed by atoms with van der Waals surface area (Å²) in [5, 5.41) is 3.82. The fourth-order valence-electron chi connectivity index (χ4n) is 1.68. The minimum atomic E-state index is -0.298. The summed E-state index contributed by atoms with van der Waals surface area (Å²) in [6.07, 6.45) is 3.70. The summed E-state index contributed by atoms with van der Waals surface area (Å²) in [5.74, 6) is -0.298. The highest BCUT2D eigenvalue weighted by Gasteiger charge is 2.13. The van der Waals surface area contributed by atoms with E-state index in [-0.39, 0.29) is 11.9 Å². The van der Waals surface area contributed by atoms with Crippen molar-refractivity contribution < 1.29 is 4.39 Å². The van der Waals surface area contributed by atoms with Crippen molar-refractivity contribution in [3.63, 3.8) is 0 Å². The molecule has 0 amide bonds. The van der Waals surface area contributed by atoms with E-state index in [1.165, 1.54) is 12.1 Å². The van der Waals surface area contributed by atoms with E-state index in [4.69, 9.17) is 11.6 Å². The molecular weight excluding hydrogens is 225 g/mol. The van der Waals surface area contributed by atoms with Crippen LogP contribution in [0.4, 0.5) is 4.39 Å². The maximum Gasteiger partial charge on any atom is 0.124 e. The summed E-state index contributed by atoms with van der Waals surface area (Å²) in [5.41, 5.74) is 0.951. The second kappa shape index (κ2) is 6.66. The third kappa shape index (κ3) is 3.62. The number of allylic oxidation sites excluding steroid dienone is 1. The molecule has 1 atom stereocenters. The highest BCUT2D eigenvalue weighted by molar-refractivity contribution is 6.31. The van der Waals surface area contributed by atoms with Crippen LogP contribution >= 0.6 is 11.6 Å². The standard InChI is InChI=1S/C13H17ClFN/c1-3-5-6-13(16-4-2)11-8-7-10(15)9-12(11)14/h3,7-9,13,16H,1,4-6H2,2H3. The fraction of sp³-hybridized carbons (Fsp3) is 0.385. The molecule has 1 rings (SSSR count). The maximum absolute atomic E-state index is 12.9. The summed E-state index contributed by atoms with van der Waals surface area (Å²) in [7, 11) is 0. The highest BCUT2D eigenvalue weighted by Crippen LogP contribution is 2.26. The van der Waals surface area contributed by atoms with Crippen LogP contribution in [-0.2, 0) is 0 Å². The van der Waals surface area contributed by atoms with Crippen molar-refractivity contribution >= 4 is 11.6 Å². The Bertz CT molecular complexity index is 352. The molecule has 0 saturated heterocycles. The summed E-state index contributed by atoms with van der Waals surface area (Å²) in [6, 6.07) is 4.71. The Morgan fingerprint density at radius 1 is 1.56 bits per heavy atom. The van der Waals surface area contributed by atoms with Gasteiger partial charge in [0.05, 0.1) is 0 Å². The molecule has 0 fully saturated rings. The molecule has 0 aliphatic rings. The number of rotatable bonds is 6. The van der Waals surface area contributed by atoms with Gasteiger partial charge in [0, 0.05) is 11.1 Å². The summed E-state index contributed by atoms with van der Waals surface area (Å²) < 4.78 is 12.9. The van der Waals surface area contributed by atoms with Gasteiger partial charge in [0.25, 0.3) is 0 Å². The summed E-state index contributed by atoms with van der Waals surface area (Å²) in [4.78, 5) is 0. The van der Waals surface area contributed by atoms with Crippen LogP contribution in [0, 0.1) is 5.82 Å². The zero-order valence-electron chi connectivity index (χ0n) is 9.47. The summed E-state index contributed by atoms with van der Waals surface area (Å²) in [6.45, 7) is 6.60. The molecule has 0 heterocycles. The van der Waals surface area contributed by atoms with E-state index in [0.717, 1.165) is 24.9 Å². The lowest BCUT2D eigenvalue weighted by Crippen LogP contribution is -2.21. The number of hydrogen-bond acceptors (Lipinski definition) is 1. The molecule has 1 aromatic carbocycles. The lowest BCUT2D eigenvalue weighted by atomic mass is 10.0. The Morgan fingerprint density at radius 2 is 2.31 bits per heavy atom. The zero-order valence-corrected chi connectivity index (χ0v) is 10.2. The Hall–Kier alpha value is -0.860. The van der Waals surface area contributed by atoms with Crippen LogP contribution in [0.2, 0.25) is 5.02 Å². The molecule has 0 radical (unpaired) electrons. The van der Waals surface area contributed by atoms with E-state index in [0.29, 0.717) is 5.02 Å². The first kappa shape index (κ1) is 13.2. The molecule has 0 saturated carbocycles. The molecule has 1 aromatic rings. The van der Waals surface area contributed by atoms with Crippen molar-refractivity contribution in [1.29, 1.82) is 0 Å². The molecule has 3 heteroatoms. The largest absolute Gasteiger partial charge is 0.310 e. The van der Waals surface area contributed by atoms with Crippen LogP contribution in [-0.4, -0.2) is 6.54 Å². The predicted octanol–water partition coefficient (Wildman–Crippen LogP) is 4.10. The average Bonchev–Trinajstić information content (AvgIpc) is 2.25. The van der Waals surface area contributed by atoms with Crippen LogP contribution in [0.5, 0.6) is 0 Å². The predicted molar refractivity (Wildman–Crippen MR) is 67.3 cm³/mol. The van der Waals surface area contributed by atoms with Crippen molar-refractivity contribution in [3.05, 3.63) is 47.3 Å². The molecule has 0 aromatic heterocycles. The fourth-order valence-corrected chi connectivity index (χ4v) is 1.98. The molecular formula is C13H17ClFN. The third-order valence-electron chi connectivity index (χ3n) is 2.45. The molecule has 0 bridgehead atoms. The number of hydrogen-bond donors (Lipinski definition) is 1. The van der Waals surface area contributed by atoms with Gasteiger partial charge >= 0.3 is 0 Å². The van der Waals surface area contributed by atoms with Gasteiger partial charge in [-0.3, -0.25) is 0 Å². The SMILES string of the molecule is C=CCCC(NCC)c1ccc(F)cc1Cl. The molecule has 1 nitrogen and oxygen atoms in total. The topological polar surface area (TPSA) is 12.0 Å². The first-order valence-corrected chi connectivity index (χ1v) is 5.86. The van der Waals surface area contributed by atoms with E-state index < -0.39 is 0 Å². The minimum Gasteiger partial charge on any atom is -0.310 e. The molecule has 16 heavy (non-hydrogen) atoms. The van der Waals surface area contributed by atoms with Gasteiger partial charge in [0.2, 0.25) is 0 Å². The molecule has 88 valence electrons. The van der Waals surface area contributed by atoms with Gasteiger partial charge in [-0.15, -0.1) is 6.58 Å². The molecule has 0 spiro atoms. The minimum absolute atomic E-state index is 0.163. The third-order valence-corrected chi connectivity index (χ3v) is 2.78. The molecule has 1 N–H and O–H groups in total. The van der Waals surface area contributed by atoms with Crippen molar-refractivity contribution in [2.24, 2.45) is 0 Å². The van der Waals surface area contributed by atoms with Crippen molar-refractivity contribution in [3.8, 4) is 0 Å². The van der Waals surface area contributed by atoms with Gasteiger partial charge in [-0.2, -0.15) is 0 Å². The monoisotopic (exact) mass is 241 g/mol. The van der Waals surface area contributed by atoms with Gasteiger partial charge in [0.15, 0.2) is 0 Å².